The van der Waals surface area contributed by atoms with Crippen LogP contribution in [-0.2, 0) is 11.2 Å². The summed E-state index contributed by atoms with van der Waals surface area (Å²) in [6.07, 6.45) is 0.201. The van der Waals surface area contributed by atoms with Gasteiger partial charge >= 0.3 is 5.97 Å². The highest BCUT2D eigenvalue weighted by atomic mass is 16.5. The Kier molecular flexibility index (Phi) is 5.07. The van der Waals surface area contributed by atoms with E-state index in [1.165, 1.54) is 0 Å². The van der Waals surface area contributed by atoms with Crippen LogP contribution < -0.4 is 5.32 Å². The second-order valence-electron chi connectivity index (χ2n) is 6.66. The minimum Gasteiger partial charge on any atom is -0.480 e. The van der Waals surface area contributed by atoms with Gasteiger partial charge in [-0.25, -0.2) is 4.79 Å². The maximum absolute atomic E-state index is 12.7. The SMILES string of the molecule is O=C(N[C@@H](Cc1ccccc1)C(=O)O)c1ccc2noc(-c3ccccc3)c2c1. The number of carboxylic acid groups (broad SMARTS) is 1. The number of aliphatic carboxylic acids is 1. The molecular weight excluding hydrogens is 368 g/mol. The molecule has 3 aromatic carbocycles. The average molecular weight is 386 g/mol. The van der Waals surface area contributed by atoms with Crippen molar-refractivity contribution in [3.63, 3.8) is 0 Å². The maximum Gasteiger partial charge on any atom is 0.326 e. The van der Waals surface area contributed by atoms with Crippen molar-refractivity contribution in [1.82, 2.24) is 10.5 Å². The van der Waals surface area contributed by atoms with Crippen molar-refractivity contribution in [2.75, 3.05) is 0 Å². The molecule has 0 aliphatic heterocycles. The predicted molar refractivity (Wildman–Crippen MR) is 108 cm³/mol. The van der Waals surface area contributed by atoms with Crippen molar-refractivity contribution in [3.8, 4) is 11.3 Å². The van der Waals surface area contributed by atoms with E-state index in [0.29, 0.717) is 22.2 Å². The lowest BCUT2D eigenvalue weighted by Gasteiger charge is -2.14. The van der Waals surface area contributed by atoms with Crippen LogP contribution in [0.3, 0.4) is 0 Å². The van der Waals surface area contributed by atoms with Gasteiger partial charge in [-0.15, -0.1) is 0 Å². The molecule has 29 heavy (non-hydrogen) atoms. The number of carbonyl (C=O) groups excluding carboxylic acids is 1. The molecule has 6 heteroatoms. The van der Waals surface area contributed by atoms with Crippen molar-refractivity contribution in [1.29, 1.82) is 0 Å². The number of benzene rings is 3. The lowest BCUT2D eigenvalue weighted by Crippen LogP contribution is -2.42. The molecule has 0 saturated heterocycles. The first-order valence-corrected chi connectivity index (χ1v) is 9.14. The second kappa shape index (κ2) is 7.98. The third-order valence-corrected chi connectivity index (χ3v) is 4.66. The van der Waals surface area contributed by atoms with E-state index >= 15 is 0 Å². The highest BCUT2D eigenvalue weighted by Crippen LogP contribution is 2.29. The molecule has 1 aromatic heterocycles. The molecule has 0 aliphatic rings. The fraction of sp³-hybridized carbons (Fsp3) is 0.0870. The number of nitrogens with one attached hydrogen (secondary N) is 1. The van der Waals surface area contributed by atoms with Gasteiger partial charge in [0.05, 0.1) is 5.39 Å². The number of carboxylic acids is 1. The van der Waals surface area contributed by atoms with Gasteiger partial charge in [-0.3, -0.25) is 4.79 Å². The van der Waals surface area contributed by atoms with E-state index in [2.05, 4.69) is 10.5 Å². The molecule has 2 N–H and O–H groups in total. The topological polar surface area (TPSA) is 92.4 Å². The molecule has 0 radical (unpaired) electrons. The van der Waals surface area contributed by atoms with Crippen LogP contribution in [0.2, 0.25) is 0 Å². The van der Waals surface area contributed by atoms with Crippen LogP contribution >= 0.6 is 0 Å². The Balaban J connectivity index is 1.60. The molecule has 0 unspecified atom stereocenters. The normalized spacial score (nSPS) is 11.9. The summed E-state index contributed by atoms with van der Waals surface area (Å²) in [6.45, 7) is 0. The fourth-order valence-corrected chi connectivity index (χ4v) is 3.17. The Labute approximate surface area is 166 Å². The monoisotopic (exact) mass is 386 g/mol. The fourth-order valence-electron chi connectivity index (χ4n) is 3.17. The summed E-state index contributed by atoms with van der Waals surface area (Å²) in [4.78, 5) is 24.4. The second-order valence-corrected chi connectivity index (χ2v) is 6.66. The summed E-state index contributed by atoms with van der Waals surface area (Å²) in [5.74, 6) is -0.983. The summed E-state index contributed by atoms with van der Waals surface area (Å²) in [5, 5.41) is 16.9. The lowest BCUT2D eigenvalue weighted by atomic mass is 10.0. The molecule has 144 valence electrons. The smallest absolute Gasteiger partial charge is 0.326 e. The third-order valence-electron chi connectivity index (χ3n) is 4.66. The summed E-state index contributed by atoms with van der Waals surface area (Å²) in [6, 6.07) is 22.6. The molecule has 0 spiro atoms. The van der Waals surface area contributed by atoms with E-state index in [0.717, 1.165) is 11.1 Å². The molecule has 1 heterocycles. The Bertz CT molecular complexity index is 1150. The Morgan fingerprint density at radius 1 is 0.966 bits per heavy atom. The Morgan fingerprint density at radius 2 is 1.66 bits per heavy atom. The Morgan fingerprint density at radius 3 is 2.34 bits per heavy atom. The van der Waals surface area contributed by atoms with E-state index in [1.54, 1.807) is 18.2 Å². The average Bonchev–Trinajstić information content (AvgIpc) is 3.18. The number of carbonyl (C=O) groups is 2. The number of nitrogens with zero attached hydrogens (tertiary/aromatic N) is 1. The quantitative estimate of drug-likeness (QED) is 0.524. The van der Waals surface area contributed by atoms with Crippen molar-refractivity contribution in [2.24, 2.45) is 0 Å². The first-order valence-electron chi connectivity index (χ1n) is 9.14. The molecule has 0 aliphatic carbocycles. The first kappa shape index (κ1) is 18.4. The van der Waals surface area contributed by atoms with Crippen LogP contribution in [0, 0.1) is 0 Å². The maximum atomic E-state index is 12.7. The minimum absolute atomic E-state index is 0.201. The van der Waals surface area contributed by atoms with Crippen LogP contribution in [-0.4, -0.2) is 28.2 Å². The van der Waals surface area contributed by atoms with Crippen molar-refractivity contribution >= 4 is 22.8 Å². The van der Waals surface area contributed by atoms with Crippen LogP contribution in [0.5, 0.6) is 0 Å². The largest absolute Gasteiger partial charge is 0.480 e. The van der Waals surface area contributed by atoms with Gasteiger partial charge in [-0.1, -0.05) is 65.8 Å². The molecule has 0 saturated carbocycles. The summed E-state index contributed by atoms with van der Waals surface area (Å²) >= 11 is 0. The highest BCUT2D eigenvalue weighted by molar-refractivity contribution is 6.02. The Hall–Kier alpha value is -3.93. The van der Waals surface area contributed by atoms with Crippen molar-refractivity contribution in [3.05, 3.63) is 90.0 Å². The highest BCUT2D eigenvalue weighted by Gasteiger charge is 2.22. The summed E-state index contributed by atoms with van der Waals surface area (Å²) < 4.78 is 5.46. The molecular formula is C23H18N2O4. The molecule has 1 amide bonds. The standard InChI is InChI=1S/C23H18N2O4/c26-22(24-20(23(27)28)13-15-7-3-1-4-8-15)17-11-12-19-18(14-17)21(29-25-19)16-9-5-2-6-10-16/h1-12,14,20H,13H2,(H,24,26)(H,27,28)/t20-/m0/s1. The summed E-state index contributed by atoms with van der Waals surface area (Å²) in [7, 11) is 0. The van der Waals surface area contributed by atoms with Gasteiger partial charge in [0.2, 0.25) is 0 Å². The number of amides is 1. The molecule has 1 atom stereocenters. The van der Waals surface area contributed by atoms with Crippen molar-refractivity contribution in [2.45, 2.75) is 12.5 Å². The third kappa shape index (κ3) is 4.01. The van der Waals surface area contributed by atoms with Gasteiger partial charge in [-0.05, 0) is 23.8 Å². The number of rotatable bonds is 6. The van der Waals surface area contributed by atoms with Gasteiger partial charge in [0.1, 0.15) is 11.6 Å². The number of hydrogen-bond acceptors (Lipinski definition) is 4. The predicted octanol–water partition coefficient (Wildman–Crippen LogP) is 3.92. The van der Waals surface area contributed by atoms with Crippen LogP contribution in [0.25, 0.3) is 22.2 Å². The van der Waals surface area contributed by atoms with Gasteiger partial charge in [0.25, 0.3) is 5.91 Å². The van der Waals surface area contributed by atoms with Crippen LogP contribution in [0.15, 0.2) is 83.4 Å². The molecule has 4 aromatic rings. The summed E-state index contributed by atoms with van der Waals surface area (Å²) in [5.41, 5.74) is 2.65. The molecule has 6 nitrogen and oxygen atoms in total. The van der Waals surface area contributed by atoms with Gasteiger partial charge < -0.3 is 14.9 Å². The molecule has 0 fully saturated rings. The number of hydrogen-bond donors (Lipinski definition) is 2. The van der Waals surface area contributed by atoms with E-state index in [9.17, 15) is 14.7 Å². The molecule has 0 bridgehead atoms. The first-order chi connectivity index (χ1) is 14.1. The van der Waals surface area contributed by atoms with Crippen LogP contribution in [0.1, 0.15) is 15.9 Å². The lowest BCUT2D eigenvalue weighted by molar-refractivity contribution is -0.139. The number of aromatic nitrogens is 1. The minimum atomic E-state index is -1.08. The van der Waals surface area contributed by atoms with E-state index in [4.69, 9.17) is 4.52 Å². The van der Waals surface area contributed by atoms with Gasteiger partial charge in [-0.2, -0.15) is 0 Å². The zero-order valence-corrected chi connectivity index (χ0v) is 15.4. The van der Waals surface area contributed by atoms with E-state index < -0.39 is 17.9 Å². The number of fused-ring (bicyclic) bond motifs is 1. The van der Waals surface area contributed by atoms with Crippen molar-refractivity contribution < 1.29 is 19.2 Å². The van der Waals surface area contributed by atoms with Gasteiger partial charge in [0, 0.05) is 17.5 Å². The van der Waals surface area contributed by atoms with E-state index in [-0.39, 0.29) is 6.42 Å². The zero-order chi connectivity index (χ0) is 20.2. The molecule has 4 rings (SSSR count). The van der Waals surface area contributed by atoms with E-state index in [1.807, 2.05) is 60.7 Å². The van der Waals surface area contributed by atoms with Crippen LogP contribution in [0.4, 0.5) is 0 Å². The van der Waals surface area contributed by atoms with Gasteiger partial charge in [0.15, 0.2) is 5.76 Å². The zero-order valence-electron chi connectivity index (χ0n) is 15.4.